The van der Waals surface area contributed by atoms with E-state index in [0.717, 1.165) is 0 Å². The van der Waals surface area contributed by atoms with Crippen molar-refractivity contribution < 1.29 is 36.2 Å². The first-order valence-electron chi connectivity index (χ1n) is 3.09. The lowest BCUT2D eigenvalue weighted by Crippen LogP contribution is -2.52. The standard InChI is InChI=1S/C5H5F6NO2.ClH/c6-4(7,8)2(5(9,10)11)1(12)3(13)14;/h1-2H,12H2,(H,13,14);1H/t1-;/m0./s1. The summed E-state index contributed by atoms with van der Waals surface area (Å²) in [6, 6.07) is -3.05. The van der Waals surface area contributed by atoms with Crippen LogP contribution in [-0.2, 0) is 4.79 Å². The number of hydrogen-bond donors (Lipinski definition) is 2. The fourth-order valence-electron chi connectivity index (χ4n) is 0.735. The third-order valence-electron chi connectivity index (χ3n) is 1.35. The first-order chi connectivity index (χ1) is 5.98. The highest BCUT2D eigenvalue weighted by atomic mass is 35.5. The molecule has 0 aliphatic heterocycles. The number of hydrogen-bond acceptors (Lipinski definition) is 2. The summed E-state index contributed by atoms with van der Waals surface area (Å²) >= 11 is 0. The fourth-order valence-corrected chi connectivity index (χ4v) is 0.735. The molecule has 0 fully saturated rings. The zero-order valence-corrected chi connectivity index (χ0v) is 7.58. The largest absolute Gasteiger partial charge is 0.480 e. The molecule has 0 saturated heterocycles. The van der Waals surface area contributed by atoms with Crippen molar-refractivity contribution in [2.45, 2.75) is 18.4 Å². The lowest BCUT2D eigenvalue weighted by molar-refractivity contribution is -0.289. The Hall–Kier alpha value is -0.700. The zero-order chi connectivity index (χ0) is 11.7. The van der Waals surface area contributed by atoms with Crippen LogP contribution in [0.4, 0.5) is 26.3 Å². The maximum absolute atomic E-state index is 11.8. The van der Waals surface area contributed by atoms with Gasteiger partial charge in [0.2, 0.25) is 0 Å². The molecule has 0 aromatic carbocycles. The van der Waals surface area contributed by atoms with Crippen molar-refractivity contribution in [2.75, 3.05) is 0 Å². The molecule has 0 radical (unpaired) electrons. The van der Waals surface area contributed by atoms with Crippen LogP contribution in [0.5, 0.6) is 0 Å². The molecule has 3 nitrogen and oxygen atoms in total. The molecule has 0 aromatic heterocycles. The van der Waals surface area contributed by atoms with Gasteiger partial charge in [-0.3, -0.25) is 4.79 Å². The van der Waals surface area contributed by atoms with E-state index < -0.39 is 30.3 Å². The Morgan fingerprint density at radius 2 is 1.33 bits per heavy atom. The Bertz CT molecular complexity index is 213. The number of nitrogens with two attached hydrogens (primary N) is 1. The third-order valence-corrected chi connectivity index (χ3v) is 1.35. The van der Waals surface area contributed by atoms with Gasteiger partial charge >= 0.3 is 18.3 Å². The topological polar surface area (TPSA) is 63.3 Å². The van der Waals surface area contributed by atoms with E-state index in [4.69, 9.17) is 5.11 Å². The van der Waals surface area contributed by atoms with Gasteiger partial charge in [0.25, 0.3) is 0 Å². The summed E-state index contributed by atoms with van der Waals surface area (Å²) in [5.74, 6) is -6.41. The number of alkyl halides is 6. The minimum Gasteiger partial charge on any atom is -0.480 e. The Labute approximate surface area is 85.6 Å². The molecular weight excluding hydrogens is 256 g/mol. The summed E-state index contributed by atoms with van der Waals surface area (Å²) in [5, 5.41) is 7.95. The summed E-state index contributed by atoms with van der Waals surface area (Å²) < 4.78 is 70.6. The van der Waals surface area contributed by atoms with Crippen LogP contribution < -0.4 is 5.73 Å². The monoisotopic (exact) mass is 261 g/mol. The van der Waals surface area contributed by atoms with E-state index in [1.807, 2.05) is 0 Å². The quantitative estimate of drug-likeness (QED) is 0.742. The molecule has 10 heteroatoms. The summed E-state index contributed by atoms with van der Waals surface area (Å²) in [5.41, 5.74) is 4.29. The predicted octanol–water partition coefficient (Wildman–Crippen LogP) is 1.56. The van der Waals surface area contributed by atoms with Crippen LogP contribution in [0, 0.1) is 5.92 Å². The predicted molar refractivity (Wildman–Crippen MR) is 38.5 cm³/mol. The van der Waals surface area contributed by atoms with E-state index in [0.29, 0.717) is 0 Å². The highest BCUT2D eigenvalue weighted by Crippen LogP contribution is 2.40. The maximum atomic E-state index is 11.8. The minimum absolute atomic E-state index is 0. The van der Waals surface area contributed by atoms with E-state index in [-0.39, 0.29) is 12.4 Å². The second kappa shape index (κ2) is 4.88. The second-order valence-electron chi connectivity index (χ2n) is 2.42. The fraction of sp³-hybridized carbons (Fsp3) is 0.800. The van der Waals surface area contributed by atoms with E-state index in [1.54, 1.807) is 0 Å². The van der Waals surface area contributed by atoms with Crippen LogP contribution in [0.3, 0.4) is 0 Å². The van der Waals surface area contributed by atoms with Crippen molar-refractivity contribution in [2.24, 2.45) is 11.7 Å². The van der Waals surface area contributed by atoms with E-state index in [2.05, 4.69) is 5.73 Å². The second-order valence-corrected chi connectivity index (χ2v) is 2.42. The van der Waals surface area contributed by atoms with Gasteiger partial charge in [-0.25, -0.2) is 0 Å². The van der Waals surface area contributed by atoms with E-state index in [9.17, 15) is 31.1 Å². The molecule has 0 heterocycles. The summed E-state index contributed by atoms with van der Waals surface area (Å²) in [6.45, 7) is 0. The summed E-state index contributed by atoms with van der Waals surface area (Å²) in [6.07, 6.45) is -11.5. The third kappa shape index (κ3) is 4.56. The number of carboxylic acid groups (broad SMARTS) is 1. The van der Waals surface area contributed by atoms with Crippen LogP contribution >= 0.6 is 12.4 Å². The van der Waals surface area contributed by atoms with E-state index in [1.165, 1.54) is 0 Å². The molecule has 0 bridgehead atoms. The molecule has 15 heavy (non-hydrogen) atoms. The molecule has 92 valence electrons. The number of rotatable bonds is 2. The van der Waals surface area contributed by atoms with Crippen LogP contribution in [0.25, 0.3) is 0 Å². The Balaban J connectivity index is 0. The molecular formula is C5H6ClF6NO2. The van der Waals surface area contributed by atoms with Gasteiger partial charge in [-0.15, -0.1) is 12.4 Å². The van der Waals surface area contributed by atoms with E-state index >= 15 is 0 Å². The Kier molecular flexibility index (Phi) is 5.44. The molecule has 0 aliphatic rings. The lowest BCUT2D eigenvalue weighted by atomic mass is 9.99. The van der Waals surface area contributed by atoms with Crippen molar-refractivity contribution >= 4 is 18.4 Å². The van der Waals surface area contributed by atoms with Crippen LogP contribution in [0.2, 0.25) is 0 Å². The summed E-state index contributed by atoms with van der Waals surface area (Å²) in [4.78, 5) is 9.91. The Morgan fingerprint density at radius 3 is 1.40 bits per heavy atom. The van der Waals surface area contributed by atoms with Crippen molar-refractivity contribution in [1.82, 2.24) is 0 Å². The first kappa shape index (κ1) is 16.7. The molecule has 1 atom stereocenters. The van der Waals surface area contributed by atoms with Crippen LogP contribution in [0.1, 0.15) is 0 Å². The SMILES string of the molecule is Cl.N[C@H](C(=O)O)C(C(F)(F)F)C(F)(F)F. The van der Waals surface area contributed by atoms with Crippen LogP contribution in [-0.4, -0.2) is 29.5 Å². The minimum atomic E-state index is -5.73. The first-order valence-corrected chi connectivity index (χ1v) is 3.09. The van der Waals surface area contributed by atoms with Gasteiger partial charge in [-0.1, -0.05) is 0 Å². The molecule has 0 aromatic rings. The molecule has 0 amide bonds. The van der Waals surface area contributed by atoms with Gasteiger partial charge in [-0.2, -0.15) is 26.3 Å². The molecule has 0 aliphatic carbocycles. The number of carbonyl (C=O) groups is 1. The van der Waals surface area contributed by atoms with Crippen molar-refractivity contribution in [3.05, 3.63) is 0 Å². The molecule has 0 saturated carbocycles. The Morgan fingerprint density at radius 1 is 1.07 bits per heavy atom. The zero-order valence-electron chi connectivity index (χ0n) is 6.76. The number of halogens is 7. The average molecular weight is 262 g/mol. The van der Waals surface area contributed by atoms with Gasteiger partial charge in [0.1, 0.15) is 6.04 Å². The van der Waals surface area contributed by atoms with Gasteiger partial charge in [0, 0.05) is 0 Å². The van der Waals surface area contributed by atoms with Gasteiger partial charge in [-0.05, 0) is 0 Å². The maximum Gasteiger partial charge on any atom is 0.402 e. The van der Waals surface area contributed by atoms with Crippen molar-refractivity contribution in [1.29, 1.82) is 0 Å². The van der Waals surface area contributed by atoms with Gasteiger partial charge in [0.15, 0.2) is 5.92 Å². The van der Waals surface area contributed by atoms with Crippen molar-refractivity contribution in [3.63, 3.8) is 0 Å². The van der Waals surface area contributed by atoms with Gasteiger partial charge < -0.3 is 10.8 Å². The smallest absolute Gasteiger partial charge is 0.402 e. The molecule has 0 spiro atoms. The summed E-state index contributed by atoms with van der Waals surface area (Å²) in [7, 11) is 0. The molecule has 0 unspecified atom stereocenters. The highest BCUT2D eigenvalue weighted by molar-refractivity contribution is 5.85. The highest BCUT2D eigenvalue weighted by Gasteiger charge is 2.61. The van der Waals surface area contributed by atoms with Crippen molar-refractivity contribution in [3.8, 4) is 0 Å². The lowest BCUT2D eigenvalue weighted by Gasteiger charge is -2.25. The molecule has 3 N–H and O–H groups in total. The number of carboxylic acids is 1. The van der Waals surface area contributed by atoms with Gasteiger partial charge in [0.05, 0.1) is 0 Å². The average Bonchev–Trinajstić information content (AvgIpc) is 1.79. The normalized spacial score (nSPS) is 14.7. The van der Waals surface area contributed by atoms with Crippen LogP contribution in [0.15, 0.2) is 0 Å². The molecule has 0 rings (SSSR count). The number of aliphatic carboxylic acids is 1.